The number of alkyl halides is 2. The number of aliphatic hydroxyl groups is 1. The molecule has 170 valence electrons. The fourth-order valence-corrected chi connectivity index (χ4v) is 4.85. The van der Waals surface area contributed by atoms with Crippen LogP contribution in [0.5, 0.6) is 11.5 Å². The molecule has 0 aromatic heterocycles. The molecule has 1 atom stereocenters. The third kappa shape index (κ3) is 5.68. The van der Waals surface area contributed by atoms with Gasteiger partial charge in [0.25, 0.3) is 5.91 Å². The number of anilines is 2. The van der Waals surface area contributed by atoms with Gasteiger partial charge in [-0.05, 0) is 0 Å². The standard InChI is InChI=1S/C23H21FIN2O5.Tl/c24-23(25)15-3-5-17-14(2-1-8-31-20(17)10-15)11-21(29)26-16-4-6-19-18(12-16)27(7-9-32-19)22(30)13-28;/h3-6,10-12,28H,1-2,7-9,13H2,(H,26,29);/b14-11+;. The minimum absolute atomic E-state index is 0.123. The van der Waals surface area contributed by atoms with Crippen LogP contribution in [-0.4, -0.2) is 69.1 Å². The van der Waals surface area contributed by atoms with Gasteiger partial charge in [-0.2, -0.15) is 0 Å². The summed E-state index contributed by atoms with van der Waals surface area (Å²) >= 11 is 1.94. The van der Waals surface area contributed by atoms with Crippen molar-refractivity contribution in [1.82, 2.24) is 0 Å². The summed E-state index contributed by atoms with van der Waals surface area (Å²) in [6.45, 7) is 0.554. The number of carbonyl (C=O) groups excluding carboxylic acids is 2. The molecule has 0 fully saturated rings. The van der Waals surface area contributed by atoms with E-state index in [2.05, 4.69) is 5.32 Å². The third-order valence-electron chi connectivity index (χ3n) is 5.39. The molecule has 2 N–H and O–H groups in total. The van der Waals surface area contributed by atoms with Gasteiger partial charge < -0.3 is 14.7 Å². The smallest absolute Gasteiger partial charge is 0.252 e. The number of nitrogens with one attached hydrogen (secondary N) is 1. The molecular weight excluding hydrogens is 735 g/mol. The van der Waals surface area contributed by atoms with Gasteiger partial charge in [-0.25, -0.2) is 0 Å². The van der Waals surface area contributed by atoms with E-state index in [1.165, 1.54) is 11.0 Å². The average Bonchev–Trinajstić information content (AvgIpc) is 2.99. The van der Waals surface area contributed by atoms with Gasteiger partial charge in [-0.1, -0.05) is 0 Å². The average molecular weight is 756 g/mol. The Balaban J connectivity index is 1.58. The Kier molecular flexibility index (Phi) is 7.58. The van der Waals surface area contributed by atoms with E-state index in [4.69, 9.17) is 9.47 Å². The molecule has 1 unspecified atom stereocenters. The van der Waals surface area contributed by atoms with Crippen LogP contribution in [0.15, 0.2) is 42.5 Å². The molecule has 0 saturated heterocycles. The van der Waals surface area contributed by atoms with Crippen molar-refractivity contribution >= 4 is 77.1 Å². The maximum Gasteiger partial charge on any atom is 0.252 e. The van der Waals surface area contributed by atoms with Crippen molar-refractivity contribution in [3.05, 3.63) is 53.6 Å². The SMILES string of the molecule is O=C(/C=C1\CCCOc2cc([C](F)(I)[Tl])ccc21)Nc1ccc2c(c1)N(C(=O)CO)CCO2. The van der Waals surface area contributed by atoms with E-state index in [0.717, 1.165) is 17.6 Å². The Bertz CT molecular complexity index is 1120. The quantitative estimate of drug-likeness (QED) is 0.217. The zero-order valence-corrected chi connectivity index (χ0v) is 24.3. The van der Waals surface area contributed by atoms with E-state index in [-0.39, 0.29) is 31.7 Å². The summed E-state index contributed by atoms with van der Waals surface area (Å²) in [5.41, 5.74) is 3.19. The van der Waals surface area contributed by atoms with E-state index >= 15 is 0 Å². The van der Waals surface area contributed by atoms with Crippen molar-refractivity contribution in [2.75, 3.05) is 36.6 Å². The van der Waals surface area contributed by atoms with Crippen molar-refractivity contribution in [1.29, 1.82) is 0 Å². The fraction of sp³-hybridized carbons (Fsp3) is 0.304. The molecule has 0 aliphatic carbocycles. The molecule has 0 radical (unpaired) electrons. The normalized spacial score (nSPS) is 18.1. The fourth-order valence-electron chi connectivity index (χ4n) is 3.82. The number of nitrogens with zero attached hydrogens (tertiary/aromatic N) is 1. The van der Waals surface area contributed by atoms with Crippen molar-refractivity contribution in [3.63, 3.8) is 0 Å². The summed E-state index contributed by atoms with van der Waals surface area (Å²) in [6, 6.07) is 10.3. The molecule has 2 aromatic rings. The first-order valence-corrected chi connectivity index (χ1v) is 13.7. The van der Waals surface area contributed by atoms with Crippen LogP contribution in [-0.2, 0) is 10.8 Å². The van der Waals surface area contributed by atoms with Gasteiger partial charge in [0.2, 0.25) is 0 Å². The molecule has 4 rings (SSSR count). The van der Waals surface area contributed by atoms with Crippen LogP contribution in [0.25, 0.3) is 5.57 Å². The number of ether oxygens (including phenoxy) is 2. The second kappa shape index (κ2) is 10.3. The van der Waals surface area contributed by atoms with Gasteiger partial charge in [0, 0.05) is 0 Å². The van der Waals surface area contributed by atoms with E-state index < -0.39 is 13.7 Å². The molecule has 0 spiro atoms. The molecule has 33 heavy (non-hydrogen) atoms. The van der Waals surface area contributed by atoms with Crippen LogP contribution in [0.2, 0.25) is 0 Å². The molecule has 7 nitrogen and oxygen atoms in total. The number of halogens is 2. The Morgan fingerprint density at radius 3 is 2.76 bits per heavy atom. The number of rotatable bonds is 4. The molecule has 2 aliphatic rings. The third-order valence-corrected chi connectivity index (χ3v) is 7.31. The minimum atomic E-state index is -1.36. The molecular formula is C23H21FIN2O5Tl. The predicted molar refractivity (Wildman–Crippen MR) is 132 cm³/mol. The first-order valence-electron chi connectivity index (χ1n) is 10.4. The predicted octanol–water partition coefficient (Wildman–Crippen LogP) is 3.28. The van der Waals surface area contributed by atoms with E-state index in [9.17, 15) is 19.1 Å². The molecule has 0 saturated carbocycles. The molecule has 2 heterocycles. The molecule has 2 amide bonds. The van der Waals surface area contributed by atoms with Gasteiger partial charge in [0.05, 0.1) is 6.54 Å². The molecule has 2 aliphatic heterocycles. The molecule has 2 aromatic carbocycles. The number of carbonyl (C=O) groups is 2. The number of amides is 2. The number of fused-ring (bicyclic) bond motifs is 2. The topological polar surface area (TPSA) is 88.1 Å². The van der Waals surface area contributed by atoms with E-state index in [1.54, 1.807) is 30.3 Å². The molecule has 10 heteroatoms. The first-order chi connectivity index (χ1) is 15.8. The van der Waals surface area contributed by atoms with E-state index in [0.29, 0.717) is 54.6 Å². The van der Waals surface area contributed by atoms with Crippen LogP contribution < -0.4 is 19.7 Å². The summed E-state index contributed by atoms with van der Waals surface area (Å²) in [5, 5.41) is 12.1. The van der Waals surface area contributed by atoms with Gasteiger partial charge in [-0.3, -0.25) is 4.79 Å². The van der Waals surface area contributed by atoms with Gasteiger partial charge >= 0.3 is 170 Å². The van der Waals surface area contributed by atoms with Crippen molar-refractivity contribution in [2.24, 2.45) is 0 Å². The van der Waals surface area contributed by atoms with Crippen LogP contribution >= 0.6 is 22.6 Å². The van der Waals surface area contributed by atoms with Crippen LogP contribution in [0.3, 0.4) is 0 Å². The number of hydrogen-bond acceptors (Lipinski definition) is 5. The summed E-state index contributed by atoms with van der Waals surface area (Å²) < 4.78 is 24.5. The second-order valence-corrected chi connectivity index (χ2v) is 16.9. The largest absolute Gasteiger partial charge is 0.490 e. The van der Waals surface area contributed by atoms with Gasteiger partial charge in [0.15, 0.2) is 0 Å². The first kappa shape index (κ1) is 24.4. The van der Waals surface area contributed by atoms with Crippen LogP contribution in [0, 0.1) is 0 Å². The summed E-state index contributed by atoms with van der Waals surface area (Å²) in [6.07, 6.45) is 2.93. The minimum Gasteiger partial charge on any atom is -0.490 e. The van der Waals surface area contributed by atoms with Crippen molar-refractivity contribution < 1.29 is 28.6 Å². The zero-order valence-electron chi connectivity index (χ0n) is 17.6. The monoisotopic (exact) mass is 756 g/mol. The number of hydrogen-bond donors (Lipinski definition) is 2. The Morgan fingerprint density at radius 2 is 2.00 bits per heavy atom. The zero-order chi connectivity index (χ0) is 23.6. The van der Waals surface area contributed by atoms with Crippen molar-refractivity contribution in [2.45, 2.75) is 14.1 Å². The maximum absolute atomic E-state index is 14.4. The summed E-state index contributed by atoms with van der Waals surface area (Å²) in [5.74, 6) is 0.353. The van der Waals surface area contributed by atoms with Gasteiger partial charge in [0.1, 0.15) is 19.0 Å². The second-order valence-electron chi connectivity index (χ2n) is 7.68. The Hall–Kier alpha value is -1.74. The van der Waals surface area contributed by atoms with Crippen molar-refractivity contribution in [3.8, 4) is 11.5 Å². The Labute approximate surface area is 220 Å². The number of aliphatic hydroxyl groups excluding tert-OH is 1. The number of benzene rings is 2. The molecule has 0 bridgehead atoms. The van der Waals surface area contributed by atoms with E-state index in [1.807, 2.05) is 28.7 Å². The maximum atomic E-state index is 14.4. The van der Waals surface area contributed by atoms with Crippen LogP contribution in [0.4, 0.5) is 15.8 Å². The number of allylic oxidation sites excluding steroid dienone is 1. The van der Waals surface area contributed by atoms with Crippen LogP contribution in [0.1, 0.15) is 24.0 Å². The summed E-state index contributed by atoms with van der Waals surface area (Å²) in [7, 11) is 0. The Morgan fingerprint density at radius 1 is 1.21 bits per heavy atom. The summed E-state index contributed by atoms with van der Waals surface area (Å²) in [4.78, 5) is 26.3. The van der Waals surface area contributed by atoms with Gasteiger partial charge in [-0.15, -0.1) is 0 Å².